The molecule has 0 saturated carbocycles. The van der Waals surface area contributed by atoms with Gasteiger partial charge in [0, 0.05) is 0 Å². The van der Waals surface area contributed by atoms with Crippen molar-refractivity contribution in [2.24, 2.45) is 81.4 Å². The molecule has 0 aromatic carbocycles. The lowest BCUT2D eigenvalue weighted by atomic mass is 9.96. The Morgan fingerprint density at radius 1 is 0.213 bits per heavy atom. The van der Waals surface area contributed by atoms with Crippen molar-refractivity contribution in [1.29, 1.82) is 0 Å². The SMILES string of the molecule is CC[C@H](C)[C@H](NC(=O)[C@H](CCCCN)NC(=O)[C@H](CC(C)C)NC(=O)[C@H](C)NC(=O)[C@H](CCCCN)NC(=O)[C@H](CC(C)C)NC(=O)[C@H](C)NC(=O)CNC(=O)[C@H](CCCCN)NC(=O)[C@H](C)NC(=O)[C@@H](NC(=O)[C@@H](N)CCCCN)[C@@H](C)CC)C(=O)N[C@@H](C)C(=O)N[C@@H](CCCCN)C(=O)NCC(=O)N[C@@H](C)C(=O)N[C@@H](CC(C)C)C(=O)N[C@@H](CCCCN)C(=O)N[C@@H](C)C(=O)N[C@@H](CC(C)C)C(N)=O. The Balaban J connectivity index is 6.53. The van der Waals surface area contributed by atoms with Gasteiger partial charge in [0.1, 0.15) is 103 Å². The van der Waals surface area contributed by atoms with Crippen molar-refractivity contribution in [2.75, 3.05) is 52.4 Å². The van der Waals surface area contributed by atoms with Crippen molar-refractivity contribution >= 4 is 118 Å². The first-order valence-electron chi connectivity index (χ1n) is 50.3. The van der Waals surface area contributed by atoms with E-state index in [9.17, 15) is 95.9 Å². The predicted molar refractivity (Wildman–Crippen MR) is 534 cm³/mol. The maximum Gasteiger partial charge on any atom is 0.243 e. The number of carbonyl (C=O) groups is 20. The Kier molecular flexibility index (Phi) is 66.0. The molecule has 0 aliphatic carbocycles. The van der Waals surface area contributed by atoms with Gasteiger partial charge in [-0.05, 0) is 251 Å². The molecule has 20 atom stereocenters. The number of hydrogen-bond donors (Lipinski definition) is 27. The van der Waals surface area contributed by atoms with E-state index in [-0.39, 0.29) is 120 Å². The fourth-order valence-corrected chi connectivity index (χ4v) is 14.6. The summed E-state index contributed by atoms with van der Waals surface area (Å²) in [7, 11) is 0. The zero-order chi connectivity index (χ0) is 107. The fraction of sp³-hybridized carbons (Fsp3) is 0.787. The lowest BCUT2D eigenvalue weighted by Crippen LogP contribution is -2.61. The molecule has 141 heavy (non-hydrogen) atoms. The minimum absolute atomic E-state index is 0.000278. The van der Waals surface area contributed by atoms with Gasteiger partial charge < -0.3 is 147 Å². The molecule has 0 saturated heterocycles. The summed E-state index contributed by atoms with van der Waals surface area (Å²) in [6.45, 7) is 29.8. The lowest BCUT2D eigenvalue weighted by molar-refractivity contribution is -0.136. The van der Waals surface area contributed by atoms with E-state index in [0.29, 0.717) is 103 Å². The summed E-state index contributed by atoms with van der Waals surface area (Å²) in [6, 6.07) is -22.2. The average molecular weight is 2010 g/mol. The van der Waals surface area contributed by atoms with E-state index in [2.05, 4.69) is 101 Å². The third kappa shape index (κ3) is 53.7. The Hall–Kier alpha value is -10.9. The van der Waals surface area contributed by atoms with Crippen molar-refractivity contribution in [3.05, 3.63) is 0 Å². The van der Waals surface area contributed by atoms with E-state index in [1.54, 1.807) is 62.3 Å². The van der Waals surface area contributed by atoms with Gasteiger partial charge in [0.05, 0.1) is 19.1 Å². The standard InChI is InChI=1S/C94H177N27O20/c1-19-55(11)75(120-84(131)63(101)33-21-27-39-95)93(140)109-61(17)80(127)111-64(34-22-28-40-96)85(132)103-49-73(122)106-58(14)79(126)118-71(47-53(7)8)91(138)114-67(37-25-31-43-99)88(135)108-60(16)83(130)119-72(48-54(9)10)92(139)115-68(38-26-32-44-100)89(136)121-76(56(12)20-2)94(141)110-62(18)81(128)112-65(35-23-29-41-97)86(133)104-50-74(123)105-57(13)78(125)117-70(46-52(5)6)90(137)113-66(36-24-30-42-98)87(134)107-59(15)82(129)116-69(77(102)124)45-51(3)4/h51-72,75-76H,19-50,95-101H2,1-18H3,(H2,102,124)(H,103,132)(H,104,133)(H,105,123)(H,106,122)(H,107,134)(H,108,135)(H,109,140)(H,110,141)(H,111,127)(H,112,128)(H,113,137)(H,114,138)(H,115,139)(H,116,129)(H,117,125)(H,118,126)(H,119,130)(H,120,131)(H,121,136)/t55-,56-,57-,58-,59-,60-,61-,62-,63-,64-,65-,66-,67-,68-,69-,70-,71-,72-,75-,76-/m0/s1. The highest BCUT2D eigenvalue weighted by atomic mass is 16.2. The molecule has 0 unspecified atom stereocenters. The molecule has 0 aromatic heterocycles. The molecule has 0 heterocycles. The van der Waals surface area contributed by atoms with Crippen molar-refractivity contribution in [1.82, 2.24) is 101 Å². The van der Waals surface area contributed by atoms with Crippen molar-refractivity contribution in [3.63, 3.8) is 0 Å². The number of rotatable bonds is 75. The summed E-state index contributed by atoms with van der Waals surface area (Å²) >= 11 is 0. The number of unbranched alkanes of at least 4 members (excludes halogenated alkanes) is 6. The molecule has 0 rings (SSSR count). The maximum atomic E-state index is 14.6. The van der Waals surface area contributed by atoms with Crippen LogP contribution in [0.15, 0.2) is 0 Å². The molecular formula is C94H177N27O20. The minimum atomic E-state index is -1.37. The number of carbonyl (C=O) groups excluding carboxylic acids is 20. The van der Waals surface area contributed by atoms with Crippen LogP contribution >= 0.6 is 0 Å². The molecule has 0 aliphatic heterocycles. The summed E-state index contributed by atoms with van der Waals surface area (Å²) in [6.07, 6.45) is 6.95. The van der Waals surface area contributed by atoms with E-state index in [0.717, 1.165) is 0 Å². The maximum absolute atomic E-state index is 14.6. The second kappa shape index (κ2) is 71.5. The van der Waals surface area contributed by atoms with E-state index in [1.165, 1.54) is 41.5 Å². The number of hydrogen-bond acceptors (Lipinski definition) is 27. The van der Waals surface area contributed by atoms with Crippen LogP contribution < -0.4 is 147 Å². The van der Waals surface area contributed by atoms with Crippen LogP contribution in [0, 0.1) is 35.5 Å². The summed E-state index contributed by atoms with van der Waals surface area (Å²) in [5, 5.41) is 49.7. The van der Waals surface area contributed by atoms with Crippen molar-refractivity contribution in [2.45, 2.75) is 387 Å². The third-order valence-corrected chi connectivity index (χ3v) is 23.6. The van der Waals surface area contributed by atoms with Crippen LogP contribution in [0.3, 0.4) is 0 Å². The molecule has 0 radical (unpaired) electrons. The van der Waals surface area contributed by atoms with Crippen molar-refractivity contribution in [3.8, 4) is 0 Å². The van der Waals surface area contributed by atoms with E-state index < -0.39 is 246 Å². The molecule has 0 bridgehead atoms. The quantitative estimate of drug-likeness (QED) is 0.0255. The molecular weight excluding hydrogens is 1830 g/mol. The average Bonchev–Trinajstić information content (AvgIpc) is 0.842. The summed E-state index contributed by atoms with van der Waals surface area (Å²) in [4.78, 5) is 276. The molecule has 0 fully saturated rings. The smallest absolute Gasteiger partial charge is 0.243 e. The summed E-state index contributed by atoms with van der Waals surface area (Å²) < 4.78 is 0. The Bertz CT molecular complexity index is 3940. The number of amides is 20. The first-order valence-corrected chi connectivity index (χ1v) is 50.3. The fourth-order valence-electron chi connectivity index (χ4n) is 14.6. The molecule has 0 aromatic rings. The van der Waals surface area contributed by atoms with Gasteiger partial charge in [0.15, 0.2) is 0 Å². The zero-order valence-electron chi connectivity index (χ0n) is 86.8. The highest BCUT2D eigenvalue weighted by Gasteiger charge is 2.39. The second-order valence-corrected chi connectivity index (χ2v) is 38.5. The van der Waals surface area contributed by atoms with Gasteiger partial charge in [-0.3, -0.25) is 95.9 Å². The zero-order valence-corrected chi connectivity index (χ0v) is 86.8. The Labute approximate surface area is 832 Å². The molecule has 35 N–H and O–H groups in total. The summed E-state index contributed by atoms with van der Waals surface area (Å²) in [5.41, 5.74) is 46.1. The molecule has 47 heteroatoms. The number of nitrogens with one attached hydrogen (secondary N) is 19. The van der Waals surface area contributed by atoms with Gasteiger partial charge in [0.2, 0.25) is 118 Å². The molecule has 20 amide bonds. The van der Waals surface area contributed by atoms with Gasteiger partial charge in [-0.25, -0.2) is 0 Å². The summed E-state index contributed by atoms with van der Waals surface area (Å²) in [5.74, 6) is -17.1. The third-order valence-electron chi connectivity index (χ3n) is 23.6. The van der Waals surface area contributed by atoms with Gasteiger partial charge in [0.25, 0.3) is 0 Å². The minimum Gasteiger partial charge on any atom is -0.368 e. The highest BCUT2D eigenvalue weighted by Crippen LogP contribution is 2.18. The van der Waals surface area contributed by atoms with Gasteiger partial charge in [-0.1, -0.05) is 102 Å². The second-order valence-electron chi connectivity index (χ2n) is 38.5. The van der Waals surface area contributed by atoms with Crippen LogP contribution in [0.1, 0.15) is 279 Å². The molecule has 0 aliphatic rings. The topological polar surface area (TPSA) is 778 Å². The first kappa shape index (κ1) is 130. The van der Waals surface area contributed by atoms with Gasteiger partial charge >= 0.3 is 0 Å². The van der Waals surface area contributed by atoms with Crippen LogP contribution in [0.5, 0.6) is 0 Å². The van der Waals surface area contributed by atoms with Crippen LogP contribution in [-0.2, 0) is 95.9 Å². The number of primary amides is 1. The monoisotopic (exact) mass is 2000 g/mol. The van der Waals surface area contributed by atoms with Gasteiger partial charge in [-0.2, -0.15) is 0 Å². The highest BCUT2D eigenvalue weighted by molar-refractivity contribution is 6.02. The Morgan fingerprint density at radius 2 is 0.411 bits per heavy atom. The van der Waals surface area contributed by atoms with Crippen LogP contribution in [0.25, 0.3) is 0 Å². The first-order chi connectivity index (χ1) is 66.3. The lowest BCUT2D eigenvalue weighted by Gasteiger charge is -2.29. The van der Waals surface area contributed by atoms with Crippen molar-refractivity contribution < 1.29 is 95.9 Å². The van der Waals surface area contributed by atoms with Crippen LogP contribution in [0.4, 0.5) is 0 Å². The van der Waals surface area contributed by atoms with E-state index in [4.69, 9.17) is 45.9 Å². The largest absolute Gasteiger partial charge is 0.368 e. The van der Waals surface area contributed by atoms with Crippen LogP contribution in [-0.4, -0.2) is 279 Å². The predicted octanol–water partition coefficient (Wildman–Crippen LogP) is -4.56. The Morgan fingerprint density at radius 3 is 0.660 bits per heavy atom. The molecule has 0 spiro atoms. The molecule has 808 valence electrons. The number of nitrogens with two attached hydrogens (primary N) is 8. The van der Waals surface area contributed by atoms with E-state index in [1.807, 2.05) is 20.8 Å². The van der Waals surface area contributed by atoms with E-state index >= 15 is 0 Å². The normalized spacial score (nSPS) is 15.6. The van der Waals surface area contributed by atoms with Gasteiger partial charge in [-0.15, -0.1) is 0 Å². The molecule has 47 nitrogen and oxygen atoms in total. The van der Waals surface area contributed by atoms with Crippen LogP contribution in [0.2, 0.25) is 0 Å².